The van der Waals surface area contributed by atoms with Crippen molar-refractivity contribution >= 4 is 21.4 Å². The number of hydrogen-bond acceptors (Lipinski definition) is 5. The highest BCUT2D eigenvalue weighted by molar-refractivity contribution is 7.89. The Morgan fingerprint density at radius 2 is 1.48 bits per heavy atom. The minimum atomic E-state index is -3.94. The second kappa shape index (κ2) is 7.56. The van der Waals surface area contributed by atoms with Crippen molar-refractivity contribution in [2.24, 2.45) is 0 Å². The smallest absolute Gasteiger partial charge is 0.269 e. The molecule has 138 valence electrons. The third kappa shape index (κ3) is 4.13. The molecule has 0 saturated carbocycles. The van der Waals surface area contributed by atoms with Gasteiger partial charge in [-0.05, 0) is 29.3 Å². The normalized spacial score (nSPS) is 12.4. The fraction of sp³-hybridized carbons (Fsp3) is 0.0526. The highest BCUT2D eigenvalue weighted by Gasteiger charge is 2.24. The second-order valence-electron chi connectivity index (χ2n) is 5.84. The second-order valence-corrected chi connectivity index (χ2v) is 7.56. The molecule has 0 bridgehead atoms. The zero-order valence-corrected chi connectivity index (χ0v) is 15.0. The maximum atomic E-state index is 12.9. The topological polar surface area (TPSA) is 115 Å². The Morgan fingerprint density at radius 3 is 2.07 bits per heavy atom. The molecule has 3 N–H and O–H groups in total. The number of nitro benzene ring substituents is 1. The minimum Gasteiger partial charge on any atom is -0.398 e. The van der Waals surface area contributed by atoms with Gasteiger partial charge in [-0.25, -0.2) is 8.42 Å². The van der Waals surface area contributed by atoms with Gasteiger partial charge in [0.15, 0.2) is 0 Å². The Balaban J connectivity index is 2.01. The van der Waals surface area contributed by atoms with Crippen LogP contribution in [0.2, 0.25) is 0 Å². The Bertz CT molecular complexity index is 1050. The molecule has 3 aromatic carbocycles. The van der Waals surface area contributed by atoms with Crippen LogP contribution >= 0.6 is 0 Å². The van der Waals surface area contributed by atoms with Crippen molar-refractivity contribution in [1.29, 1.82) is 0 Å². The Kier molecular flexibility index (Phi) is 5.20. The maximum Gasteiger partial charge on any atom is 0.269 e. The summed E-state index contributed by atoms with van der Waals surface area (Å²) in [4.78, 5) is 10.1. The third-order valence-corrected chi connectivity index (χ3v) is 5.51. The van der Waals surface area contributed by atoms with Gasteiger partial charge in [-0.15, -0.1) is 0 Å². The number of nitrogens with zero attached hydrogens (tertiary/aromatic N) is 1. The number of nitrogens with one attached hydrogen (secondary N) is 1. The highest BCUT2D eigenvalue weighted by Crippen LogP contribution is 2.28. The van der Waals surface area contributed by atoms with Crippen molar-refractivity contribution in [1.82, 2.24) is 4.72 Å². The van der Waals surface area contributed by atoms with Crippen molar-refractivity contribution in [3.05, 3.63) is 100 Å². The van der Waals surface area contributed by atoms with Gasteiger partial charge in [-0.3, -0.25) is 10.1 Å². The van der Waals surface area contributed by atoms with E-state index in [0.717, 1.165) is 17.7 Å². The fourth-order valence-corrected chi connectivity index (χ4v) is 3.90. The van der Waals surface area contributed by atoms with E-state index in [1.54, 1.807) is 36.4 Å². The van der Waals surface area contributed by atoms with Crippen LogP contribution in [0, 0.1) is 10.1 Å². The zero-order valence-electron chi connectivity index (χ0n) is 14.1. The summed E-state index contributed by atoms with van der Waals surface area (Å²) >= 11 is 0. The van der Waals surface area contributed by atoms with Gasteiger partial charge in [0.1, 0.15) is 0 Å². The minimum absolute atomic E-state index is 0.0662. The summed E-state index contributed by atoms with van der Waals surface area (Å²) in [5.41, 5.74) is 7.68. The molecule has 0 heterocycles. The van der Waals surface area contributed by atoms with E-state index in [0.29, 0.717) is 11.3 Å². The van der Waals surface area contributed by atoms with Gasteiger partial charge in [0.05, 0.1) is 15.9 Å². The molecule has 0 fully saturated rings. The summed E-state index contributed by atoms with van der Waals surface area (Å²) in [7, 11) is -3.94. The number of anilines is 1. The molecule has 0 unspecified atom stereocenters. The van der Waals surface area contributed by atoms with Gasteiger partial charge in [-0.1, -0.05) is 48.5 Å². The predicted octanol–water partition coefficient (Wildman–Crippen LogP) is 3.24. The van der Waals surface area contributed by atoms with Crippen molar-refractivity contribution in [3.8, 4) is 0 Å². The lowest BCUT2D eigenvalue weighted by molar-refractivity contribution is -0.384. The molecule has 0 amide bonds. The molecule has 3 aromatic rings. The summed E-state index contributed by atoms with van der Waals surface area (Å²) in [6.45, 7) is 0. The molecule has 0 radical (unpaired) electrons. The van der Waals surface area contributed by atoms with E-state index in [-0.39, 0.29) is 10.6 Å². The standard InChI is InChI=1S/C19H17N3O4S/c20-18-9-5-4-8-17(18)19(14-6-2-1-3-7-14)21-27(25,26)16-12-10-15(11-13-16)22(23)24/h1-13,19,21H,20H2/t19-/m1/s1. The van der Waals surface area contributed by atoms with E-state index in [1.807, 2.05) is 18.2 Å². The van der Waals surface area contributed by atoms with Crippen LogP contribution in [0.15, 0.2) is 83.8 Å². The first-order chi connectivity index (χ1) is 12.9. The SMILES string of the molecule is Nc1ccccc1[C@H](NS(=O)(=O)c1ccc([N+](=O)[O-])cc1)c1ccccc1. The number of nitrogens with two attached hydrogens (primary N) is 1. The maximum absolute atomic E-state index is 12.9. The van der Waals surface area contributed by atoms with E-state index >= 15 is 0 Å². The quantitative estimate of drug-likeness (QED) is 0.385. The van der Waals surface area contributed by atoms with Gasteiger partial charge in [0.2, 0.25) is 10.0 Å². The lowest BCUT2D eigenvalue weighted by Gasteiger charge is -2.21. The van der Waals surface area contributed by atoms with Crippen molar-refractivity contribution in [2.75, 3.05) is 5.73 Å². The van der Waals surface area contributed by atoms with Gasteiger partial charge >= 0.3 is 0 Å². The summed E-state index contributed by atoms with van der Waals surface area (Å²) in [6.07, 6.45) is 0. The van der Waals surface area contributed by atoms with Crippen LogP contribution < -0.4 is 10.5 Å². The average molecular weight is 383 g/mol. The van der Waals surface area contributed by atoms with E-state index < -0.39 is 21.0 Å². The molecule has 0 aliphatic heterocycles. The molecular formula is C19H17N3O4S. The molecule has 7 nitrogen and oxygen atoms in total. The van der Waals surface area contributed by atoms with E-state index in [4.69, 9.17) is 5.73 Å². The van der Waals surface area contributed by atoms with Gasteiger partial charge in [-0.2, -0.15) is 4.72 Å². The van der Waals surface area contributed by atoms with Crippen LogP contribution in [0.5, 0.6) is 0 Å². The molecular weight excluding hydrogens is 366 g/mol. The summed E-state index contributed by atoms with van der Waals surface area (Å²) < 4.78 is 28.4. The number of rotatable bonds is 6. The van der Waals surface area contributed by atoms with Crippen LogP contribution in [0.1, 0.15) is 17.2 Å². The first kappa shape index (κ1) is 18.6. The number of nitro groups is 1. The van der Waals surface area contributed by atoms with Gasteiger partial charge < -0.3 is 5.73 Å². The molecule has 0 aliphatic carbocycles. The molecule has 1 atom stereocenters. The first-order valence-corrected chi connectivity index (χ1v) is 9.53. The van der Waals surface area contributed by atoms with Crippen LogP contribution in [0.4, 0.5) is 11.4 Å². The number of nitrogen functional groups attached to an aromatic ring is 1. The van der Waals surface area contributed by atoms with Crippen molar-refractivity contribution in [2.45, 2.75) is 10.9 Å². The number of hydrogen-bond donors (Lipinski definition) is 2. The van der Waals surface area contributed by atoms with Crippen molar-refractivity contribution < 1.29 is 13.3 Å². The monoisotopic (exact) mass is 383 g/mol. The van der Waals surface area contributed by atoms with E-state index in [2.05, 4.69) is 4.72 Å². The van der Waals surface area contributed by atoms with Crippen LogP contribution in [-0.4, -0.2) is 13.3 Å². The molecule has 0 saturated heterocycles. The Hall–Kier alpha value is -3.23. The molecule has 3 rings (SSSR count). The van der Waals surface area contributed by atoms with Gasteiger partial charge in [0, 0.05) is 17.8 Å². The van der Waals surface area contributed by atoms with Crippen LogP contribution in [-0.2, 0) is 10.0 Å². The zero-order chi connectivity index (χ0) is 19.4. The number of para-hydroxylation sites is 1. The summed E-state index contributed by atoms with van der Waals surface area (Å²) in [6, 6.07) is 20.1. The highest BCUT2D eigenvalue weighted by atomic mass is 32.2. The summed E-state index contributed by atoms with van der Waals surface area (Å²) in [5, 5.41) is 10.8. The molecule has 0 aliphatic rings. The molecule has 27 heavy (non-hydrogen) atoms. The third-order valence-electron chi connectivity index (χ3n) is 4.07. The molecule has 8 heteroatoms. The average Bonchev–Trinajstić information content (AvgIpc) is 2.67. The Labute approximate surface area is 156 Å². The molecule has 0 aromatic heterocycles. The molecule has 0 spiro atoms. The van der Waals surface area contributed by atoms with Crippen molar-refractivity contribution in [3.63, 3.8) is 0 Å². The van der Waals surface area contributed by atoms with Crippen LogP contribution in [0.25, 0.3) is 0 Å². The number of sulfonamides is 1. The fourth-order valence-electron chi connectivity index (χ4n) is 2.70. The Morgan fingerprint density at radius 1 is 0.889 bits per heavy atom. The van der Waals surface area contributed by atoms with Crippen LogP contribution in [0.3, 0.4) is 0 Å². The van der Waals surface area contributed by atoms with E-state index in [9.17, 15) is 18.5 Å². The predicted molar refractivity (Wildman–Crippen MR) is 103 cm³/mol. The van der Waals surface area contributed by atoms with Gasteiger partial charge in [0.25, 0.3) is 5.69 Å². The largest absolute Gasteiger partial charge is 0.398 e. The number of benzene rings is 3. The number of non-ortho nitro benzene ring substituents is 1. The van der Waals surface area contributed by atoms with E-state index in [1.165, 1.54) is 12.1 Å². The first-order valence-electron chi connectivity index (χ1n) is 8.04. The lowest BCUT2D eigenvalue weighted by atomic mass is 9.98. The lowest BCUT2D eigenvalue weighted by Crippen LogP contribution is -2.30. The summed E-state index contributed by atoms with van der Waals surface area (Å²) in [5.74, 6) is 0.